The number of rotatable bonds is 20. The zero-order valence-electron chi connectivity index (χ0n) is 27.3. The number of unbranched alkanes of at least 4 members (excludes halogenated alkanes) is 1. The predicted octanol–water partition coefficient (Wildman–Crippen LogP) is 0.968. The van der Waals surface area contributed by atoms with Gasteiger partial charge in [0.25, 0.3) is 0 Å². The summed E-state index contributed by atoms with van der Waals surface area (Å²) in [5.74, 6) is 1.17. The molecule has 0 aromatic heterocycles. The largest absolute Gasteiger partial charge is 0.370 e. The second kappa shape index (κ2) is 17.1. The van der Waals surface area contributed by atoms with Gasteiger partial charge in [-0.3, -0.25) is 19.8 Å². The Balaban J connectivity index is 1.40. The van der Waals surface area contributed by atoms with Crippen molar-refractivity contribution in [2.24, 2.45) is 46.1 Å². The Bertz CT molecular complexity index is 1130. The first-order valence-corrected chi connectivity index (χ1v) is 17.3. The normalized spacial score (nSPS) is 25.7. The summed E-state index contributed by atoms with van der Waals surface area (Å²) in [5.41, 5.74) is 24.5. The second-order valence-electron chi connectivity index (χ2n) is 14.3. The maximum atomic E-state index is 13.6. The molecule has 0 spiro atoms. The van der Waals surface area contributed by atoms with Crippen LogP contribution in [0.3, 0.4) is 0 Å². The van der Waals surface area contributed by atoms with E-state index in [1.54, 1.807) is 0 Å². The number of nitrogens with one attached hydrogen (secondary N) is 5. The zero-order chi connectivity index (χ0) is 33.1. The Hall–Kier alpha value is -3.22. The van der Waals surface area contributed by atoms with Gasteiger partial charge in [0.05, 0.1) is 12.1 Å². The Kier molecular flexibility index (Phi) is 13.2. The van der Waals surface area contributed by atoms with Gasteiger partial charge in [-0.25, -0.2) is 0 Å². The number of carbonyl (C=O) groups is 3. The summed E-state index contributed by atoms with van der Waals surface area (Å²) >= 11 is 0. The summed E-state index contributed by atoms with van der Waals surface area (Å²) in [6, 6.07) is 7.27. The van der Waals surface area contributed by atoms with Crippen molar-refractivity contribution in [1.29, 1.82) is 5.41 Å². The molecule has 4 fully saturated rings. The fourth-order valence-corrected chi connectivity index (χ4v) is 8.65. The molecule has 4 aliphatic rings. The monoisotopic (exact) mass is 639 g/mol. The molecule has 12 nitrogen and oxygen atoms in total. The molecular formula is C34H57N9O3. The lowest BCUT2D eigenvalue weighted by atomic mass is 9.48. The molecule has 4 saturated carbocycles. The van der Waals surface area contributed by atoms with E-state index in [0.717, 1.165) is 29.7 Å². The number of benzene rings is 1. The fourth-order valence-electron chi connectivity index (χ4n) is 8.65. The van der Waals surface area contributed by atoms with Crippen LogP contribution in [0.15, 0.2) is 30.3 Å². The van der Waals surface area contributed by atoms with Gasteiger partial charge in [0.1, 0.15) is 6.04 Å². The molecule has 3 amide bonds. The lowest BCUT2D eigenvalue weighted by Crippen LogP contribution is -2.56. The van der Waals surface area contributed by atoms with Gasteiger partial charge in [-0.1, -0.05) is 30.3 Å². The number of primary amides is 1. The molecule has 13 N–H and O–H groups in total. The number of guanidine groups is 1. The molecule has 4 bridgehead atoms. The molecule has 1 aromatic carbocycles. The van der Waals surface area contributed by atoms with E-state index in [4.69, 9.17) is 28.3 Å². The van der Waals surface area contributed by atoms with Gasteiger partial charge in [-0.15, -0.1) is 0 Å². The van der Waals surface area contributed by atoms with Crippen molar-refractivity contribution < 1.29 is 14.4 Å². The minimum Gasteiger partial charge on any atom is -0.370 e. The van der Waals surface area contributed by atoms with Crippen LogP contribution >= 0.6 is 0 Å². The highest BCUT2D eigenvalue weighted by Gasteiger charge is 2.51. The predicted molar refractivity (Wildman–Crippen MR) is 180 cm³/mol. The van der Waals surface area contributed by atoms with Crippen LogP contribution < -0.4 is 44.2 Å². The molecule has 4 atom stereocenters. The Labute approximate surface area is 273 Å². The van der Waals surface area contributed by atoms with Crippen molar-refractivity contribution >= 4 is 23.7 Å². The van der Waals surface area contributed by atoms with Crippen molar-refractivity contribution in [1.82, 2.24) is 21.3 Å². The first kappa shape index (κ1) is 35.6. The second-order valence-corrected chi connectivity index (χ2v) is 14.3. The maximum absolute atomic E-state index is 13.6. The van der Waals surface area contributed by atoms with Gasteiger partial charge in [0.2, 0.25) is 17.7 Å². The summed E-state index contributed by atoms with van der Waals surface area (Å²) in [6.45, 7) is 1.30. The standard InChI is InChI=1S/C34H57N9O3/c35-11-5-4-10-28(30(37)44)43-32(46)29(16-22-7-2-1-3-8-22)41-21-26(9-6-12-40-33(38)39)42-31(45)27(36)20-34-17-23-13-24(18-34)15-25(14-23)19-34/h1-3,7-8,23-29,41H,4-6,9-21,35-36H2,(H2,37,44)(H,42,45)(H,43,46)(H4,38,39,40)/t23?,24?,25?,26-,27+,28+,29+,34?/m1/s1. The summed E-state index contributed by atoms with van der Waals surface area (Å²) in [4.78, 5) is 39.3. The van der Waals surface area contributed by atoms with Gasteiger partial charge in [-0.2, -0.15) is 0 Å². The van der Waals surface area contributed by atoms with Crippen LogP contribution in [-0.4, -0.2) is 67.5 Å². The van der Waals surface area contributed by atoms with Gasteiger partial charge in [0, 0.05) is 19.1 Å². The highest BCUT2D eigenvalue weighted by atomic mass is 16.2. The van der Waals surface area contributed by atoms with E-state index >= 15 is 0 Å². The highest BCUT2D eigenvalue weighted by molar-refractivity contribution is 5.89. The van der Waals surface area contributed by atoms with Crippen molar-refractivity contribution in [3.05, 3.63) is 35.9 Å². The minimum absolute atomic E-state index is 0.105. The molecule has 0 saturated heterocycles. The summed E-state index contributed by atoms with van der Waals surface area (Å²) in [6.07, 6.45) is 11.8. The Morgan fingerprint density at radius 2 is 1.52 bits per heavy atom. The molecular weight excluding hydrogens is 582 g/mol. The van der Waals surface area contributed by atoms with Crippen LogP contribution in [0.25, 0.3) is 0 Å². The number of hydrogen-bond acceptors (Lipinski definition) is 7. The van der Waals surface area contributed by atoms with Gasteiger partial charge < -0.3 is 44.2 Å². The minimum atomic E-state index is -0.796. The summed E-state index contributed by atoms with van der Waals surface area (Å²) in [5, 5.41) is 19.7. The van der Waals surface area contributed by atoms with Gasteiger partial charge >= 0.3 is 0 Å². The van der Waals surface area contributed by atoms with E-state index in [1.165, 1.54) is 38.5 Å². The maximum Gasteiger partial charge on any atom is 0.240 e. The van der Waals surface area contributed by atoms with Gasteiger partial charge in [0.15, 0.2) is 5.96 Å². The van der Waals surface area contributed by atoms with Crippen LogP contribution in [-0.2, 0) is 20.8 Å². The van der Waals surface area contributed by atoms with Crippen LogP contribution in [0.1, 0.15) is 82.6 Å². The number of amides is 3. The topological polar surface area (TPSA) is 227 Å². The molecule has 46 heavy (non-hydrogen) atoms. The molecule has 5 rings (SSSR count). The van der Waals surface area contributed by atoms with E-state index < -0.39 is 24.0 Å². The van der Waals surface area contributed by atoms with E-state index in [-0.39, 0.29) is 29.2 Å². The third-order valence-electron chi connectivity index (χ3n) is 10.4. The summed E-state index contributed by atoms with van der Waals surface area (Å²) in [7, 11) is 0. The average molecular weight is 640 g/mol. The molecule has 12 heteroatoms. The first-order chi connectivity index (χ1) is 22.1. The smallest absolute Gasteiger partial charge is 0.240 e. The van der Waals surface area contributed by atoms with Crippen molar-refractivity contribution in [3.63, 3.8) is 0 Å². The van der Waals surface area contributed by atoms with E-state index in [1.807, 2.05) is 30.3 Å². The van der Waals surface area contributed by atoms with E-state index in [9.17, 15) is 14.4 Å². The molecule has 0 radical (unpaired) electrons. The van der Waals surface area contributed by atoms with Crippen molar-refractivity contribution in [2.75, 3.05) is 19.6 Å². The van der Waals surface area contributed by atoms with Crippen molar-refractivity contribution in [2.45, 2.75) is 108 Å². The van der Waals surface area contributed by atoms with E-state index in [2.05, 4.69) is 21.3 Å². The lowest BCUT2D eigenvalue weighted by molar-refractivity contribution is -0.128. The van der Waals surface area contributed by atoms with Crippen LogP contribution in [0.5, 0.6) is 0 Å². The third-order valence-corrected chi connectivity index (χ3v) is 10.4. The van der Waals surface area contributed by atoms with Crippen molar-refractivity contribution in [3.8, 4) is 0 Å². The highest BCUT2D eigenvalue weighted by Crippen LogP contribution is 2.61. The molecule has 256 valence electrons. The zero-order valence-corrected chi connectivity index (χ0v) is 27.3. The number of hydrogen-bond donors (Lipinski definition) is 9. The number of carbonyl (C=O) groups excluding carboxylic acids is 3. The van der Waals surface area contributed by atoms with E-state index in [0.29, 0.717) is 58.2 Å². The number of nitrogens with two attached hydrogens (primary N) is 4. The average Bonchev–Trinajstić information content (AvgIpc) is 2.99. The first-order valence-electron chi connectivity index (χ1n) is 17.3. The van der Waals surface area contributed by atoms with Gasteiger partial charge in [-0.05, 0) is 119 Å². The van der Waals surface area contributed by atoms with Crippen LogP contribution in [0.2, 0.25) is 0 Å². The molecule has 1 aromatic rings. The lowest BCUT2D eigenvalue weighted by Gasteiger charge is -2.57. The Morgan fingerprint density at radius 1 is 0.870 bits per heavy atom. The molecule has 0 unspecified atom stereocenters. The Morgan fingerprint density at radius 3 is 2.11 bits per heavy atom. The third kappa shape index (κ3) is 10.7. The molecule has 4 aliphatic carbocycles. The molecule has 0 aliphatic heterocycles. The SMILES string of the molecule is N=C(N)NCCC[C@H](CN[C@@H](Cc1ccccc1)C(=O)N[C@@H](CCCCN)C(N)=O)NC(=O)[C@@H](N)CC12CC3CC(CC(C3)C1)C2. The quantitative estimate of drug-likeness (QED) is 0.0566. The fraction of sp³-hybridized carbons (Fsp3) is 0.706. The van der Waals surface area contributed by atoms with Crippen LogP contribution in [0, 0.1) is 28.6 Å². The molecule has 0 heterocycles. The summed E-state index contributed by atoms with van der Waals surface area (Å²) < 4.78 is 0. The van der Waals surface area contributed by atoms with Crippen LogP contribution in [0.4, 0.5) is 0 Å².